The molecule has 2 heterocycles. The average Bonchev–Trinajstić information content (AvgIpc) is 2.99. The maximum absolute atomic E-state index is 12.9. The van der Waals surface area contributed by atoms with Gasteiger partial charge in [0.15, 0.2) is 6.04 Å². The smallest absolute Gasteiger partial charge is 0.282 e. The lowest BCUT2D eigenvalue weighted by Crippen LogP contribution is -3.19. The molecule has 1 unspecified atom stereocenters. The zero-order valence-corrected chi connectivity index (χ0v) is 17.2. The zero-order valence-electron chi connectivity index (χ0n) is 17.2. The Balaban J connectivity index is 1.59. The van der Waals surface area contributed by atoms with Gasteiger partial charge < -0.3 is 19.5 Å². The van der Waals surface area contributed by atoms with Crippen molar-refractivity contribution in [1.29, 1.82) is 0 Å². The number of hydrogen-bond donors (Lipinski definition) is 2. The molecule has 1 aliphatic heterocycles. The van der Waals surface area contributed by atoms with Crippen molar-refractivity contribution >= 4 is 33.4 Å². The summed E-state index contributed by atoms with van der Waals surface area (Å²) < 4.78 is 8.13. The Morgan fingerprint density at radius 2 is 1.82 bits per heavy atom. The molecule has 4 atom stereocenters. The number of carbonyl (C=O) groups excluding carboxylic acids is 1. The number of anilines is 1. The lowest BCUT2D eigenvalue weighted by Gasteiger charge is -2.35. The Morgan fingerprint density at radius 3 is 2.54 bits per heavy atom. The first-order chi connectivity index (χ1) is 13.5. The van der Waals surface area contributed by atoms with Crippen LogP contribution in [0.4, 0.5) is 5.69 Å². The molecule has 0 radical (unpaired) electrons. The van der Waals surface area contributed by atoms with E-state index in [2.05, 4.69) is 67.1 Å². The van der Waals surface area contributed by atoms with Crippen molar-refractivity contribution in [1.82, 2.24) is 4.57 Å². The van der Waals surface area contributed by atoms with Crippen molar-refractivity contribution in [3.05, 3.63) is 42.5 Å². The first-order valence-corrected chi connectivity index (χ1v) is 10.3. The summed E-state index contributed by atoms with van der Waals surface area (Å²) in [6.45, 7) is 11.0. The van der Waals surface area contributed by atoms with E-state index in [0.717, 1.165) is 25.3 Å². The maximum atomic E-state index is 12.9. The van der Waals surface area contributed by atoms with Crippen LogP contribution in [-0.4, -0.2) is 41.8 Å². The highest BCUT2D eigenvalue weighted by Crippen LogP contribution is 2.30. The molecule has 1 fully saturated rings. The van der Waals surface area contributed by atoms with Crippen molar-refractivity contribution in [2.45, 2.75) is 52.5 Å². The topological polar surface area (TPSA) is 47.7 Å². The molecule has 1 aliphatic rings. The fourth-order valence-electron chi connectivity index (χ4n) is 4.58. The van der Waals surface area contributed by atoms with Crippen LogP contribution >= 0.6 is 0 Å². The van der Waals surface area contributed by atoms with E-state index in [1.165, 1.54) is 26.7 Å². The number of nitrogens with one attached hydrogen (secondary N) is 2. The summed E-state index contributed by atoms with van der Waals surface area (Å²) >= 11 is 0. The molecule has 0 spiro atoms. The number of morpholine rings is 1. The second-order valence-corrected chi connectivity index (χ2v) is 8.03. The Bertz CT molecular complexity index is 1000. The van der Waals surface area contributed by atoms with E-state index in [9.17, 15) is 4.79 Å². The molecule has 28 heavy (non-hydrogen) atoms. The Labute approximate surface area is 166 Å². The molecule has 148 valence electrons. The van der Waals surface area contributed by atoms with Crippen LogP contribution in [0.15, 0.2) is 42.5 Å². The van der Waals surface area contributed by atoms with E-state index in [1.807, 2.05) is 13.0 Å². The van der Waals surface area contributed by atoms with Gasteiger partial charge in [0.2, 0.25) is 0 Å². The van der Waals surface area contributed by atoms with Crippen LogP contribution in [0, 0.1) is 0 Å². The van der Waals surface area contributed by atoms with Gasteiger partial charge in [-0.25, -0.2) is 0 Å². The van der Waals surface area contributed by atoms with Crippen LogP contribution in [0.2, 0.25) is 0 Å². The highest BCUT2D eigenvalue weighted by atomic mass is 16.5. The molecular formula is C23H30N3O2+. The molecule has 3 aromatic rings. The zero-order chi connectivity index (χ0) is 19.8. The van der Waals surface area contributed by atoms with E-state index in [-0.39, 0.29) is 24.2 Å². The summed E-state index contributed by atoms with van der Waals surface area (Å²) in [5.74, 6) is 0.0647. The number of quaternary nitrogens is 1. The number of nitrogens with zero attached hydrogens (tertiary/aromatic N) is 1. The molecule has 2 aromatic carbocycles. The third-order valence-corrected chi connectivity index (χ3v) is 5.93. The molecule has 1 saturated heterocycles. The van der Waals surface area contributed by atoms with Crippen molar-refractivity contribution < 1.29 is 14.4 Å². The molecular weight excluding hydrogens is 350 g/mol. The summed E-state index contributed by atoms with van der Waals surface area (Å²) in [4.78, 5) is 14.2. The SMILES string of the molecule is CCn1c2ccccc2c2cc(NC(=O)[C@@H](C)[NH+]3C[C@@H](C)O[C@@H](C)C3)ccc21. The van der Waals surface area contributed by atoms with Gasteiger partial charge in [-0.3, -0.25) is 4.79 Å². The normalized spacial score (nSPS) is 23.8. The predicted molar refractivity (Wildman–Crippen MR) is 114 cm³/mol. The van der Waals surface area contributed by atoms with E-state index in [4.69, 9.17) is 4.74 Å². The van der Waals surface area contributed by atoms with E-state index < -0.39 is 0 Å². The minimum atomic E-state index is -0.110. The number of benzene rings is 2. The number of para-hydroxylation sites is 1. The van der Waals surface area contributed by atoms with Gasteiger partial charge in [-0.15, -0.1) is 0 Å². The summed E-state index contributed by atoms with van der Waals surface area (Å²) in [7, 11) is 0. The van der Waals surface area contributed by atoms with Crippen molar-refractivity contribution in [2.24, 2.45) is 0 Å². The van der Waals surface area contributed by atoms with Crippen molar-refractivity contribution in [2.75, 3.05) is 18.4 Å². The molecule has 1 aromatic heterocycles. The monoisotopic (exact) mass is 380 g/mol. The fourth-order valence-corrected chi connectivity index (χ4v) is 4.58. The number of rotatable bonds is 4. The molecule has 0 saturated carbocycles. The van der Waals surface area contributed by atoms with Gasteiger partial charge >= 0.3 is 0 Å². The van der Waals surface area contributed by atoms with Crippen LogP contribution in [-0.2, 0) is 16.1 Å². The van der Waals surface area contributed by atoms with E-state index in [1.54, 1.807) is 0 Å². The number of fused-ring (bicyclic) bond motifs is 3. The van der Waals surface area contributed by atoms with Gasteiger partial charge in [0, 0.05) is 34.0 Å². The standard InChI is InChI=1S/C23H29N3O2/c1-5-26-21-9-7-6-8-19(21)20-12-18(10-11-22(20)26)24-23(27)17(4)25-13-15(2)28-16(3)14-25/h6-12,15-17H,5,13-14H2,1-4H3,(H,24,27)/p+1/t15-,16+,17-/m1/s1. The first-order valence-electron chi connectivity index (χ1n) is 10.3. The number of aromatic nitrogens is 1. The van der Waals surface area contributed by atoms with Gasteiger partial charge in [-0.2, -0.15) is 0 Å². The number of hydrogen-bond acceptors (Lipinski definition) is 2. The predicted octanol–water partition coefficient (Wildman–Crippen LogP) is 2.83. The minimum absolute atomic E-state index is 0.0647. The lowest BCUT2D eigenvalue weighted by atomic mass is 10.1. The van der Waals surface area contributed by atoms with Gasteiger partial charge in [-0.1, -0.05) is 18.2 Å². The van der Waals surface area contributed by atoms with Gasteiger partial charge in [0.25, 0.3) is 5.91 Å². The van der Waals surface area contributed by atoms with Crippen LogP contribution in [0.25, 0.3) is 21.8 Å². The van der Waals surface area contributed by atoms with Crippen LogP contribution in [0.3, 0.4) is 0 Å². The Hall–Kier alpha value is -2.37. The van der Waals surface area contributed by atoms with Crippen molar-refractivity contribution in [3.8, 4) is 0 Å². The molecule has 1 amide bonds. The van der Waals surface area contributed by atoms with Crippen LogP contribution in [0.5, 0.6) is 0 Å². The summed E-state index contributed by atoms with van der Waals surface area (Å²) in [6, 6.07) is 14.6. The molecule has 4 rings (SSSR count). The van der Waals surface area contributed by atoms with E-state index >= 15 is 0 Å². The average molecular weight is 381 g/mol. The third kappa shape index (κ3) is 3.40. The summed E-state index contributed by atoms with van der Waals surface area (Å²) in [5.41, 5.74) is 3.30. The fraction of sp³-hybridized carbons (Fsp3) is 0.435. The van der Waals surface area contributed by atoms with Crippen LogP contribution in [0.1, 0.15) is 27.7 Å². The molecule has 2 N–H and O–H groups in total. The van der Waals surface area contributed by atoms with Crippen molar-refractivity contribution in [3.63, 3.8) is 0 Å². The maximum Gasteiger partial charge on any atom is 0.282 e. The number of carbonyl (C=O) groups is 1. The lowest BCUT2D eigenvalue weighted by molar-refractivity contribution is -0.928. The number of ether oxygens (including phenoxy) is 1. The second kappa shape index (κ2) is 7.57. The Morgan fingerprint density at radius 1 is 1.14 bits per heavy atom. The molecule has 5 nitrogen and oxygen atoms in total. The first kappa shape index (κ1) is 19.0. The van der Waals surface area contributed by atoms with Gasteiger partial charge in [0.05, 0.1) is 0 Å². The van der Waals surface area contributed by atoms with Crippen LogP contribution < -0.4 is 10.2 Å². The second-order valence-electron chi connectivity index (χ2n) is 8.03. The van der Waals surface area contributed by atoms with E-state index in [0.29, 0.717) is 0 Å². The Kier molecular flexibility index (Phi) is 5.13. The summed E-state index contributed by atoms with van der Waals surface area (Å²) in [5, 5.41) is 5.55. The van der Waals surface area contributed by atoms with Gasteiger partial charge in [-0.05, 0) is 52.0 Å². The largest absolute Gasteiger partial charge is 0.364 e. The molecule has 0 aliphatic carbocycles. The quantitative estimate of drug-likeness (QED) is 0.731. The number of amides is 1. The minimum Gasteiger partial charge on any atom is -0.364 e. The molecule has 0 bridgehead atoms. The number of aryl methyl sites for hydroxylation is 1. The highest BCUT2D eigenvalue weighted by Gasteiger charge is 2.33. The highest BCUT2D eigenvalue weighted by molar-refractivity contribution is 6.09. The summed E-state index contributed by atoms with van der Waals surface area (Å²) in [6.07, 6.45) is 0.371. The third-order valence-electron chi connectivity index (χ3n) is 5.93. The van der Waals surface area contributed by atoms with Gasteiger partial charge in [0.1, 0.15) is 25.3 Å². The molecule has 5 heteroatoms.